The highest BCUT2D eigenvalue weighted by Gasteiger charge is 2.30. The fraction of sp³-hybridized carbons (Fsp3) is 0.565. The van der Waals surface area contributed by atoms with Crippen molar-refractivity contribution in [2.45, 2.75) is 45.1 Å². The molecule has 6 nitrogen and oxygen atoms in total. The van der Waals surface area contributed by atoms with Crippen molar-refractivity contribution in [1.29, 1.82) is 0 Å². The van der Waals surface area contributed by atoms with Gasteiger partial charge in [0.05, 0.1) is 5.69 Å². The number of carbonyl (C=O) groups excluding carboxylic acids is 1. The minimum Gasteiger partial charge on any atom is -0.486 e. The number of benzene rings is 1. The molecule has 0 saturated carbocycles. The van der Waals surface area contributed by atoms with Crippen LogP contribution < -0.4 is 10.1 Å². The third-order valence-electron chi connectivity index (χ3n) is 6.11. The smallest absolute Gasteiger partial charge is 0.222 e. The van der Waals surface area contributed by atoms with Crippen LogP contribution in [0.4, 0.5) is 0 Å². The van der Waals surface area contributed by atoms with Gasteiger partial charge in [0, 0.05) is 25.6 Å². The van der Waals surface area contributed by atoms with Crippen LogP contribution in [0.25, 0.3) is 0 Å². The first-order chi connectivity index (χ1) is 14.3. The lowest BCUT2D eigenvalue weighted by Gasteiger charge is -2.34. The summed E-state index contributed by atoms with van der Waals surface area (Å²) in [6, 6.07) is 11.7. The van der Waals surface area contributed by atoms with Gasteiger partial charge in [0.15, 0.2) is 5.76 Å². The number of hydrogen-bond donors (Lipinski definition) is 1. The van der Waals surface area contributed by atoms with E-state index < -0.39 is 0 Å². The van der Waals surface area contributed by atoms with Crippen molar-refractivity contribution in [1.82, 2.24) is 15.4 Å². The molecule has 29 heavy (non-hydrogen) atoms. The summed E-state index contributed by atoms with van der Waals surface area (Å²) >= 11 is 0. The fourth-order valence-electron chi connectivity index (χ4n) is 4.44. The van der Waals surface area contributed by atoms with Crippen LogP contribution in [0.2, 0.25) is 0 Å². The summed E-state index contributed by atoms with van der Waals surface area (Å²) in [4.78, 5) is 14.8. The molecule has 4 rings (SSSR count). The van der Waals surface area contributed by atoms with Crippen molar-refractivity contribution in [3.63, 3.8) is 0 Å². The third kappa shape index (κ3) is 5.60. The molecule has 0 aliphatic carbocycles. The first-order valence-corrected chi connectivity index (χ1v) is 10.9. The maximum Gasteiger partial charge on any atom is 0.222 e. The first-order valence-electron chi connectivity index (χ1n) is 10.9. The number of hydrogen-bond acceptors (Lipinski definition) is 5. The van der Waals surface area contributed by atoms with Crippen molar-refractivity contribution >= 4 is 5.91 Å². The maximum absolute atomic E-state index is 12.7. The van der Waals surface area contributed by atoms with Gasteiger partial charge in [-0.2, -0.15) is 0 Å². The lowest BCUT2D eigenvalue weighted by Crippen LogP contribution is -2.42. The number of piperidine rings is 2. The van der Waals surface area contributed by atoms with Crippen molar-refractivity contribution in [2.24, 2.45) is 11.8 Å². The van der Waals surface area contributed by atoms with Crippen LogP contribution in [0.1, 0.15) is 43.6 Å². The Hall–Kier alpha value is -2.34. The van der Waals surface area contributed by atoms with Gasteiger partial charge in [-0.15, -0.1) is 0 Å². The van der Waals surface area contributed by atoms with Crippen LogP contribution in [0.5, 0.6) is 5.75 Å². The molecule has 0 radical (unpaired) electrons. The van der Waals surface area contributed by atoms with Crippen molar-refractivity contribution in [3.8, 4) is 5.75 Å². The van der Waals surface area contributed by atoms with Crippen LogP contribution in [0.15, 0.2) is 40.9 Å². The van der Waals surface area contributed by atoms with Gasteiger partial charge in [-0.1, -0.05) is 23.4 Å². The van der Waals surface area contributed by atoms with E-state index in [2.05, 4.69) is 15.4 Å². The molecule has 156 valence electrons. The number of rotatable bonds is 7. The predicted molar refractivity (Wildman–Crippen MR) is 110 cm³/mol. The van der Waals surface area contributed by atoms with E-state index in [4.69, 9.17) is 9.26 Å². The van der Waals surface area contributed by atoms with Crippen molar-refractivity contribution < 1.29 is 14.1 Å². The molecule has 0 spiro atoms. The van der Waals surface area contributed by atoms with Gasteiger partial charge < -0.3 is 19.5 Å². The molecular weight excluding hydrogens is 366 g/mol. The Balaban J connectivity index is 1.31. The van der Waals surface area contributed by atoms with Crippen LogP contribution >= 0.6 is 0 Å². The molecule has 2 aliphatic rings. The SMILES string of the molecule is O=C(C[C@@H]1CCNC[C@@H]1Cc1cc(COc2ccccc2)on1)N1CCCCC1. The molecule has 2 atom stereocenters. The number of nitrogens with zero attached hydrogens (tertiary/aromatic N) is 2. The highest BCUT2D eigenvalue weighted by molar-refractivity contribution is 5.76. The summed E-state index contributed by atoms with van der Waals surface area (Å²) in [5.74, 6) is 2.70. The van der Waals surface area contributed by atoms with Crippen LogP contribution in [0.3, 0.4) is 0 Å². The minimum atomic E-state index is 0.332. The van der Waals surface area contributed by atoms with Gasteiger partial charge in [-0.3, -0.25) is 4.79 Å². The van der Waals surface area contributed by atoms with Gasteiger partial charge >= 0.3 is 0 Å². The Morgan fingerprint density at radius 1 is 1.17 bits per heavy atom. The zero-order chi connectivity index (χ0) is 19.9. The molecule has 2 aromatic rings. The summed E-state index contributed by atoms with van der Waals surface area (Å²) in [5, 5.41) is 7.73. The Morgan fingerprint density at radius 2 is 2.00 bits per heavy atom. The van der Waals surface area contributed by atoms with Crippen LogP contribution in [-0.2, 0) is 17.8 Å². The predicted octanol–water partition coefficient (Wildman–Crippen LogP) is 3.42. The fourth-order valence-corrected chi connectivity index (χ4v) is 4.44. The van der Waals surface area contributed by atoms with Crippen LogP contribution in [-0.4, -0.2) is 42.1 Å². The minimum absolute atomic E-state index is 0.332. The van der Waals surface area contributed by atoms with E-state index in [0.29, 0.717) is 30.8 Å². The van der Waals surface area contributed by atoms with E-state index in [-0.39, 0.29) is 0 Å². The Labute approximate surface area is 172 Å². The number of para-hydroxylation sites is 1. The van der Waals surface area contributed by atoms with Gasteiger partial charge in [0.1, 0.15) is 12.4 Å². The molecule has 1 N–H and O–H groups in total. The number of nitrogens with one attached hydrogen (secondary N) is 1. The standard InChI is InChI=1S/C23H31N3O3/c27-23(26-11-5-2-6-12-26)14-18-9-10-24-16-19(18)13-20-15-22(29-25-20)17-28-21-7-3-1-4-8-21/h1,3-4,7-8,15,18-19,24H,2,5-6,9-14,16-17H2/t18-,19-/m0/s1. The monoisotopic (exact) mass is 397 g/mol. The molecule has 3 heterocycles. The normalized spacial score (nSPS) is 22.4. The van der Waals surface area contributed by atoms with Gasteiger partial charge in [-0.05, 0) is 69.2 Å². The molecule has 2 saturated heterocycles. The van der Waals surface area contributed by atoms with Crippen molar-refractivity contribution in [2.75, 3.05) is 26.2 Å². The van der Waals surface area contributed by atoms with Gasteiger partial charge in [0.25, 0.3) is 0 Å². The molecule has 0 bridgehead atoms. The number of carbonyl (C=O) groups is 1. The van der Waals surface area contributed by atoms with E-state index in [9.17, 15) is 4.79 Å². The average molecular weight is 398 g/mol. The van der Waals surface area contributed by atoms with Crippen molar-refractivity contribution in [3.05, 3.63) is 47.9 Å². The summed E-state index contributed by atoms with van der Waals surface area (Å²) < 4.78 is 11.2. The molecular formula is C23H31N3O3. The second kappa shape index (κ2) is 9.92. The quantitative estimate of drug-likeness (QED) is 0.775. The van der Waals surface area contributed by atoms with Gasteiger partial charge in [0.2, 0.25) is 5.91 Å². The summed E-state index contributed by atoms with van der Waals surface area (Å²) in [7, 11) is 0. The zero-order valence-corrected chi connectivity index (χ0v) is 17.0. The van der Waals surface area contributed by atoms with E-state index in [1.807, 2.05) is 36.4 Å². The lowest BCUT2D eigenvalue weighted by atomic mass is 9.81. The Bertz CT molecular complexity index is 771. The largest absolute Gasteiger partial charge is 0.486 e. The number of amides is 1. The Morgan fingerprint density at radius 3 is 2.83 bits per heavy atom. The molecule has 1 aromatic carbocycles. The molecule has 1 aromatic heterocycles. The number of likely N-dealkylation sites (tertiary alicyclic amines) is 1. The number of aromatic nitrogens is 1. The average Bonchev–Trinajstić information content (AvgIpc) is 3.22. The van der Waals surface area contributed by atoms with Gasteiger partial charge in [-0.25, -0.2) is 0 Å². The van der Waals surface area contributed by atoms with E-state index >= 15 is 0 Å². The summed E-state index contributed by atoms with van der Waals surface area (Å²) in [5.41, 5.74) is 0.945. The molecule has 1 amide bonds. The maximum atomic E-state index is 12.7. The third-order valence-corrected chi connectivity index (χ3v) is 6.11. The van der Waals surface area contributed by atoms with E-state index in [1.54, 1.807) is 0 Å². The van der Waals surface area contributed by atoms with E-state index in [0.717, 1.165) is 69.1 Å². The second-order valence-electron chi connectivity index (χ2n) is 8.25. The second-order valence-corrected chi connectivity index (χ2v) is 8.25. The Kier molecular flexibility index (Phi) is 6.83. The lowest BCUT2D eigenvalue weighted by molar-refractivity contribution is -0.133. The summed E-state index contributed by atoms with van der Waals surface area (Å²) in [6.07, 6.45) is 6.09. The topological polar surface area (TPSA) is 67.6 Å². The highest BCUT2D eigenvalue weighted by Crippen LogP contribution is 2.27. The number of ether oxygens (including phenoxy) is 1. The van der Waals surface area contributed by atoms with Crippen LogP contribution in [0, 0.1) is 11.8 Å². The zero-order valence-electron chi connectivity index (χ0n) is 17.0. The van der Waals surface area contributed by atoms with E-state index in [1.165, 1.54) is 6.42 Å². The molecule has 2 aliphatic heterocycles. The molecule has 2 fully saturated rings. The molecule has 6 heteroatoms. The summed E-state index contributed by atoms with van der Waals surface area (Å²) in [6.45, 7) is 4.16. The molecule has 0 unspecified atom stereocenters. The first kappa shape index (κ1) is 20.0. The highest BCUT2D eigenvalue weighted by atomic mass is 16.5.